The molecule has 1 N–H and O–H groups in total. The lowest BCUT2D eigenvalue weighted by Crippen LogP contribution is -2.43. The average molecular weight is 296 g/mol. The summed E-state index contributed by atoms with van der Waals surface area (Å²) in [5.41, 5.74) is -0.0863. The summed E-state index contributed by atoms with van der Waals surface area (Å²) in [7, 11) is 0.762. The van der Waals surface area contributed by atoms with Crippen molar-refractivity contribution in [1.82, 2.24) is 4.90 Å². The Bertz CT molecular complexity index is 504. The Morgan fingerprint density at radius 2 is 1.84 bits per heavy atom. The van der Waals surface area contributed by atoms with Crippen molar-refractivity contribution in [1.29, 1.82) is 0 Å². The van der Waals surface area contributed by atoms with E-state index in [0.717, 1.165) is 7.05 Å². The smallest absolute Gasteiger partial charge is 0.471 e. The molecule has 0 aromatic heterocycles. The molecule has 0 radical (unpaired) electrons. The van der Waals surface area contributed by atoms with Crippen LogP contribution < -0.4 is 0 Å². The zero-order valence-electron chi connectivity index (χ0n) is 9.61. The Labute approximate surface area is 111 Å². The van der Waals surface area contributed by atoms with Crippen LogP contribution in [0.15, 0.2) is 24.3 Å². The summed E-state index contributed by atoms with van der Waals surface area (Å²) in [5.74, 6) is -3.85. The summed E-state index contributed by atoms with van der Waals surface area (Å²) in [4.78, 5) is 22.3. The Hall–Kier alpha value is -1.76. The number of hydrogen-bond acceptors (Lipinski definition) is 2. The summed E-state index contributed by atoms with van der Waals surface area (Å²) in [5, 5.41) is 8.99. The molecule has 1 atom stereocenters. The highest BCUT2D eigenvalue weighted by Gasteiger charge is 2.45. The van der Waals surface area contributed by atoms with E-state index in [1.54, 1.807) is 0 Å². The number of hydrogen-bond donors (Lipinski definition) is 1. The third-order valence-corrected chi connectivity index (χ3v) is 2.73. The number of amides is 1. The van der Waals surface area contributed by atoms with Crippen molar-refractivity contribution in [3.05, 3.63) is 34.9 Å². The van der Waals surface area contributed by atoms with Gasteiger partial charge in [-0.05, 0) is 6.07 Å². The maximum absolute atomic E-state index is 12.3. The summed E-state index contributed by atoms with van der Waals surface area (Å²) in [6, 6.07) is 3.70. The average Bonchev–Trinajstić information content (AvgIpc) is 2.29. The second-order valence-corrected chi connectivity index (χ2v) is 4.08. The van der Waals surface area contributed by atoms with Gasteiger partial charge in [-0.2, -0.15) is 13.2 Å². The zero-order valence-corrected chi connectivity index (χ0v) is 10.4. The molecule has 1 aromatic carbocycles. The quantitative estimate of drug-likeness (QED) is 0.932. The normalized spacial score (nSPS) is 12.9. The standard InChI is InChI=1S/C11H9ClF3NO3/c1-16(10(19)11(13,14)15)8(9(17)18)6-4-2-3-5-7(6)12/h2-5,8H,1H3,(H,17,18). The molecule has 0 saturated heterocycles. The first-order chi connectivity index (χ1) is 8.66. The molecule has 1 amide bonds. The molecular weight excluding hydrogens is 287 g/mol. The molecule has 1 rings (SSSR count). The summed E-state index contributed by atoms with van der Waals surface area (Å²) in [6.07, 6.45) is -5.15. The van der Waals surface area contributed by atoms with Crippen LogP contribution in [0.4, 0.5) is 13.2 Å². The molecule has 0 fully saturated rings. The highest BCUT2D eigenvalue weighted by molar-refractivity contribution is 6.31. The molecule has 1 unspecified atom stereocenters. The highest BCUT2D eigenvalue weighted by atomic mass is 35.5. The Kier molecular flexibility index (Phi) is 4.41. The maximum Gasteiger partial charge on any atom is 0.471 e. The van der Waals surface area contributed by atoms with Gasteiger partial charge in [-0.15, -0.1) is 0 Å². The first-order valence-electron chi connectivity index (χ1n) is 4.97. The minimum atomic E-state index is -5.15. The molecular formula is C11H9ClF3NO3. The molecule has 0 spiro atoms. The van der Waals surface area contributed by atoms with Crippen molar-refractivity contribution in [3.8, 4) is 0 Å². The van der Waals surface area contributed by atoms with Gasteiger partial charge in [-0.3, -0.25) is 4.79 Å². The van der Waals surface area contributed by atoms with Gasteiger partial charge in [0.25, 0.3) is 0 Å². The van der Waals surface area contributed by atoms with Gasteiger partial charge in [-0.1, -0.05) is 29.8 Å². The number of aliphatic carboxylic acids is 1. The fraction of sp³-hybridized carbons (Fsp3) is 0.273. The van der Waals surface area contributed by atoms with Crippen molar-refractivity contribution in [2.75, 3.05) is 7.05 Å². The van der Waals surface area contributed by atoms with Gasteiger partial charge in [0.15, 0.2) is 6.04 Å². The van der Waals surface area contributed by atoms with E-state index in [2.05, 4.69) is 0 Å². The molecule has 0 aliphatic rings. The SMILES string of the molecule is CN(C(=O)C(F)(F)F)C(C(=O)O)c1ccccc1Cl. The van der Waals surface area contributed by atoms with Crippen LogP contribution in [0.1, 0.15) is 11.6 Å². The lowest BCUT2D eigenvalue weighted by atomic mass is 10.1. The predicted octanol–water partition coefficient (Wildman–Crippen LogP) is 2.49. The molecule has 8 heteroatoms. The Morgan fingerprint density at radius 1 is 1.32 bits per heavy atom. The van der Waals surface area contributed by atoms with Crippen LogP contribution in [0, 0.1) is 0 Å². The lowest BCUT2D eigenvalue weighted by Gasteiger charge is -2.26. The van der Waals surface area contributed by atoms with E-state index in [9.17, 15) is 22.8 Å². The fourth-order valence-electron chi connectivity index (χ4n) is 1.52. The number of carbonyl (C=O) groups is 2. The van der Waals surface area contributed by atoms with Gasteiger partial charge < -0.3 is 10.0 Å². The molecule has 4 nitrogen and oxygen atoms in total. The van der Waals surface area contributed by atoms with E-state index in [0.29, 0.717) is 0 Å². The number of alkyl halides is 3. The molecule has 0 saturated carbocycles. The number of carboxylic acids is 1. The molecule has 0 bridgehead atoms. The van der Waals surface area contributed by atoms with Crippen LogP contribution in [-0.4, -0.2) is 35.1 Å². The van der Waals surface area contributed by atoms with Crippen molar-refractivity contribution in [3.63, 3.8) is 0 Å². The van der Waals surface area contributed by atoms with Gasteiger partial charge >= 0.3 is 18.1 Å². The second-order valence-electron chi connectivity index (χ2n) is 3.68. The van der Waals surface area contributed by atoms with Gasteiger partial charge in [0, 0.05) is 17.6 Å². The van der Waals surface area contributed by atoms with Crippen LogP contribution in [0.25, 0.3) is 0 Å². The summed E-state index contributed by atoms with van der Waals surface area (Å²) in [6.45, 7) is 0. The van der Waals surface area contributed by atoms with E-state index < -0.39 is 24.1 Å². The number of carbonyl (C=O) groups excluding carboxylic acids is 1. The van der Waals surface area contributed by atoms with Crippen molar-refractivity contribution in [2.45, 2.75) is 12.2 Å². The highest BCUT2D eigenvalue weighted by Crippen LogP contribution is 2.30. The van der Waals surface area contributed by atoms with Crippen LogP contribution in [0.5, 0.6) is 0 Å². The molecule has 104 valence electrons. The zero-order chi connectivity index (χ0) is 14.8. The number of halogens is 4. The van der Waals surface area contributed by atoms with Crippen LogP contribution in [0.2, 0.25) is 5.02 Å². The van der Waals surface area contributed by atoms with Gasteiger partial charge in [0.05, 0.1) is 0 Å². The number of likely N-dealkylation sites (N-methyl/N-ethyl adjacent to an activating group) is 1. The summed E-state index contributed by atoms with van der Waals surface area (Å²) < 4.78 is 37.0. The first kappa shape index (κ1) is 15.3. The van der Waals surface area contributed by atoms with Gasteiger partial charge in [-0.25, -0.2) is 4.79 Å². The number of nitrogens with zero attached hydrogens (tertiary/aromatic N) is 1. The summed E-state index contributed by atoms with van der Waals surface area (Å²) >= 11 is 5.74. The van der Waals surface area contributed by atoms with Crippen molar-refractivity contribution in [2.24, 2.45) is 0 Å². The second kappa shape index (κ2) is 5.48. The molecule has 0 aliphatic carbocycles. The number of carboxylic acid groups (broad SMARTS) is 1. The Morgan fingerprint density at radius 3 is 2.26 bits per heavy atom. The van der Waals surface area contributed by atoms with Gasteiger partial charge in [0.2, 0.25) is 0 Å². The lowest BCUT2D eigenvalue weighted by molar-refractivity contribution is -0.188. The fourth-order valence-corrected chi connectivity index (χ4v) is 1.76. The third kappa shape index (κ3) is 3.37. The minimum absolute atomic E-state index is 0.0308. The van der Waals surface area contributed by atoms with Gasteiger partial charge in [0.1, 0.15) is 0 Å². The van der Waals surface area contributed by atoms with Crippen molar-refractivity contribution >= 4 is 23.5 Å². The maximum atomic E-state index is 12.3. The number of benzene rings is 1. The van der Waals surface area contributed by atoms with Crippen LogP contribution in [0.3, 0.4) is 0 Å². The van der Waals surface area contributed by atoms with Crippen LogP contribution >= 0.6 is 11.6 Å². The molecule has 0 aliphatic heterocycles. The first-order valence-corrected chi connectivity index (χ1v) is 5.35. The van der Waals surface area contributed by atoms with E-state index >= 15 is 0 Å². The van der Waals surface area contributed by atoms with E-state index in [1.165, 1.54) is 24.3 Å². The van der Waals surface area contributed by atoms with Crippen molar-refractivity contribution < 1.29 is 27.9 Å². The van der Waals surface area contributed by atoms with E-state index in [-0.39, 0.29) is 15.5 Å². The molecule has 1 aromatic rings. The number of rotatable bonds is 3. The third-order valence-electron chi connectivity index (χ3n) is 2.38. The minimum Gasteiger partial charge on any atom is -0.479 e. The largest absolute Gasteiger partial charge is 0.479 e. The monoisotopic (exact) mass is 295 g/mol. The van der Waals surface area contributed by atoms with E-state index in [1.807, 2.05) is 0 Å². The van der Waals surface area contributed by atoms with Crippen LogP contribution in [-0.2, 0) is 9.59 Å². The molecule has 19 heavy (non-hydrogen) atoms. The molecule has 0 heterocycles. The Balaban J connectivity index is 3.20. The topological polar surface area (TPSA) is 57.6 Å². The predicted molar refractivity (Wildman–Crippen MR) is 60.7 cm³/mol. The van der Waals surface area contributed by atoms with E-state index in [4.69, 9.17) is 16.7 Å².